The highest BCUT2D eigenvalue weighted by molar-refractivity contribution is 9.10. The van der Waals surface area contributed by atoms with E-state index in [4.69, 9.17) is 4.74 Å². The second-order valence-electron chi connectivity index (χ2n) is 7.23. The number of nitrogens with zero attached hydrogens (tertiary/aromatic N) is 1. The summed E-state index contributed by atoms with van der Waals surface area (Å²) in [5, 5.41) is 10.5. The van der Waals surface area contributed by atoms with Crippen LogP contribution in [-0.2, 0) is 6.54 Å². The third kappa shape index (κ3) is 3.66. The molecule has 1 saturated heterocycles. The SMILES string of the molecule is Cc1cc(O)c(CN2CCCCC2)c2c1C(=O)/C(=C/c1cccc(Br)c1)O2. The van der Waals surface area contributed by atoms with E-state index >= 15 is 0 Å². The molecule has 0 aliphatic carbocycles. The highest BCUT2D eigenvalue weighted by Gasteiger charge is 2.33. The van der Waals surface area contributed by atoms with Crippen LogP contribution in [0.15, 0.2) is 40.6 Å². The molecule has 4 nitrogen and oxygen atoms in total. The summed E-state index contributed by atoms with van der Waals surface area (Å²) in [5.74, 6) is 0.900. The fraction of sp³-hybridized carbons (Fsp3) is 0.318. The Balaban J connectivity index is 1.71. The van der Waals surface area contributed by atoms with Crippen molar-refractivity contribution in [2.45, 2.75) is 32.7 Å². The maximum atomic E-state index is 13.0. The number of phenols is 1. The summed E-state index contributed by atoms with van der Waals surface area (Å²) in [4.78, 5) is 15.3. The molecular formula is C22H22BrNO3. The Bertz CT molecular complexity index is 929. The molecule has 0 atom stereocenters. The number of phenolic OH excluding ortho intramolecular Hbond substituents is 1. The first-order valence-electron chi connectivity index (χ1n) is 9.30. The van der Waals surface area contributed by atoms with E-state index in [1.807, 2.05) is 31.2 Å². The van der Waals surface area contributed by atoms with Crippen molar-refractivity contribution in [3.8, 4) is 11.5 Å². The van der Waals surface area contributed by atoms with Crippen molar-refractivity contribution in [3.05, 3.63) is 62.8 Å². The van der Waals surface area contributed by atoms with E-state index in [-0.39, 0.29) is 11.5 Å². The highest BCUT2D eigenvalue weighted by Crippen LogP contribution is 2.42. The molecule has 5 heteroatoms. The molecule has 2 aliphatic rings. The van der Waals surface area contributed by atoms with Gasteiger partial charge < -0.3 is 9.84 Å². The molecule has 2 aromatic carbocycles. The van der Waals surface area contributed by atoms with Gasteiger partial charge in [-0.2, -0.15) is 0 Å². The first kappa shape index (κ1) is 18.3. The number of halogens is 1. The average molecular weight is 428 g/mol. The lowest BCUT2D eigenvalue weighted by molar-refractivity contribution is 0.101. The summed E-state index contributed by atoms with van der Waals surface area (Å²) < 4.78 is 6.95. The van der Waals surface area contributed by atoms with Gasteiger partial charge in [-0.15, -0.1) is 0 Å². The predicted molar refractivity (Wildman–Crippen MR) is 109 cm³/mol. The molecule has 0 amide bonds. The molecule has 140 valence electrons. The van der Waals surface area contributed by atoms with E-state index in [2.05, 4.69) is 20.8 Å². The number of rotatable bonds is 3. The van der Waals surface area contributed by atoms with Gasteiger partial charge in [-0.25, -0.2) is 0 Å². The molecule has 0 bridgehead atoms. The summed E-state index contributed by atoms with van der Waals surface area (Å²) in [6, 6.07) is 9.40. The van der Waals surface area contributed by atoms with Crippen molar-refractivity contribution in [1.82, 2.24) is 4.90 Å². The van der Waals surface area contributed by atoms with Crippen LogP contribution in [0.3, 0.4) is 0 Å². The number of ether oxygens (including phenoxy) is 1. The zero-order valence-corrected chi connectivity index (χ0v) is 16.9. The Morgan fingerprint density at radius 3 is 2.74 bits per heavy atom. The van der Waals surface area contributed by atoms with E-state index in [0.29, 0.717) is 29.2 Å². The lowest BCUT2D eigenvalue weighted by Gasteiger charge is -2.27. The van der Waals surface area contributed by atoms with Gasteiger partial charge in [0.1, 0.15) is 11.5 Å². The number of benzene rings is 2. The van der Waals surface area contributed by atoms with Crippen molar-refractivity contribution in [3.63, 3.8) is 0 Å². The topological polar surface area (TPSA) is 49.8 Å². The van der Waals surface area contributed by atoms with E-state index in [1.165, 1.54) is 19.3 Å². The molecule has 0 unspecified atom stereocenters. The van der Waals surface area contributed by atoms with Crippen LogP contribution in [0, 0.1) is 6.92 Å². The highest BCUT2D eigenvalue weighted by atomic mass is 79.9. The van der Waals surface area contributed by atoms with Crippen molar-refractivity contribution in [2.24, 2.45) is 0 Å². The smallest absolute Gasteiger partial charge is 0.232 e. The monoisotopic (exact) mass is 427 g/mol. The Labute approximate surface area is 167 Å². The molecule has 2 aromatic rings. The Kier molecular flexibility index (Phi) is 5.06. The van der Waals surface area contributed by atoms with Gasteiger partial charge in [-0.3, -0.25) is 9.69 Å². The number of allylic oxidation sites excluding steroid dienone is 1. The quantitative estimate of drug-likeness (QED) is 0.694. The fourth-order valence-electron chi connectivity index (χ4n) is 3.82. The van der Waals surface area contributed by atoms with Crippen LogP contribution in [0.4, 0.5) is 0 Å². The second kappa shape index (κ2) is 7.49. The minimum absolute atomic E-state index is 0.123. The standard InChI is InChI=1S/C22H22BrNO3/c1-14-10-18(25)17(13-24-8-3-2-4-9-24)22-20(14)21(26)19(27-22)12-15-6-5-7-16(23)11-15/h5-7,10-12,25H,2-4,8-9,13H2,1H3/b19-12-. The molecule has 1 N–H and O–H groups in total. The first-order chi connectivity index (χ1) is 13.0. The molecule has 2 aliphatic heterocycles. The number of aromatic hydroxyl groups is 1. The van der Waals surface area contributed by atoms with Crippen LogP contribution in [0.2, 0.25) is 0 Å². The Morgan fingerprint density at radius 1 is 1.22 bits per heavy atom. The van der Waals surface area contributed by atoms with Crippen molar-refractivity contribution < 1.29 is 14.6 Å². The van der Waals surface area contributed by atoms with Gasteiger partial charge in [0.15, 0.2) is 5.76 Å². The molecule has 0 spiro atoms. The van der Waals surface area contributed by atoms with Gasteiger partial charge in [0, 0.05) is 11.0 Å². The van der Waals surface area contributed by atoms with Crippen molar-refractivity contribution >= 4 is 27.8 Å². The van der Waals surface area contributed by atoms with Crippen molar-refractivity contribution in [1.29, 1.82) is 0 Å². The van der Waals surface area contributed by atoms with Crippen LogP contribution >= 0.6 is 15.9 Å². The summed E-state index contributed by atoms with van der Waals surface area (Å²) in [7, 11) is 0. The predicted octanol–water partition coefficient (Wildman–Crippen LogP) is 5.07. The van der Waals surface area contributed by atoms with Gasteiger partial charge >= 0.3 is 0 Å². The number of likely N-dealkylation sites (tertiary alicyclic amines) is 1. The average Bonchev–Trinajstić information content (AvgIpc) is 2.96. The number of piperidine rings is 1. The number of Topliss-reactive ketones (excluding diaryl/α,β-unsaturated/α-hetero) is 1. The molecule has 0 saturated carbocycles. The Hall–Kier alpha value is -2.11. The van der Waals surface area contributed by atoms with E-state index in [9.17, 15) is 9.90 Å². The maximum Gasteiger partial charge on any atom is 0.232 e. The molecule has 0 aromatic heterocycles. The summed E-state index contributed by atoms with van der Waals surface area (Å²) >= 11 is 3.45. The van der Waals surface area contributed by atoms with Gasteiger partial charge in [0.25, 0.3) is 0 Å². The molecular weight excluding hydrogens is 406 g/mol. The summed E-state index contributed by atoms with van der Waals surface area (Å²) in [6.45, 7) is 4.46. The van der Waals surface area contributed by atoms with Gasteiger partial charge in [-0.1, -0.05) is 34.5 Å². The van der Waals surface area contributed by atoms with Crippen LogP contribution in [0.1, 0.15) is 46.3 Å². The van der Waals surface area contributed by atoms with Crippen LogP contribution < -0.4 is 4.74 Å². The van der Waals surface area contributed by atoms with Crippen molar-refractivity contribution in [2.75, 3.05) is 13.1 Å². The number of hydrogen-bond donors (Lipinski definition) is 1. The molecule has 0 radical (unpaired) electrons. The van der Waals surface area contributed by atoms with E-state index in [0.717, 1.165) is 28.7 Å². The maximum absolute atomic E-state index is 13.0. The summed E-state index contributed by atoms with van der Waals surface area (Å²) in [6.07, 6.45) is 5.35. The number of ketones is 1. The number of carbonyl (C=O) groups is 1. The second-order valence-corrected chi connectivity index (χ2v) is 8.14. The van der Waals surface area contributed by atoms with Crippen LogP contribution in [-0.4, -0.2) is 28.9 Å². The third-order valence-corrected chi connectivity index (χ3v) is 5.69. The minimum Gasteiger partial charge on any atom is -0.507 e. The minimum atomic E-state index is -0.123. The van der Waals surface area contributed by atoms with E-state index in [1.54, 1.807) is 12.1 Å². The third-order valence-electron chi connectivity index (χ3n) is 5.20. The lowest BCUT2D eigenvalue weighted by atomic mass is 9.98. The zero-order valence-electron chi connectivity index (χ0n) is 15.3. The van der Waals surface area contributed by atoms with Crippen LogP contribution in [0.5, 0.6) is 11.5 Å². The Morgan fingerprint density at radius 2 is 2.00 bits per heavy atom. The molecule has 2 heterocycles. The lowest BCUT2D eigenvalue weighted by Crippen LogP contribution is -2.29. The van der Waals surface area contributed by atoms with Gasteiger partial charge in [-0.05, 0) is 68.3 Å². The molecule has 4 rings (SSSR count). The number of fused-ring (bicyclic) bond motifs is 1. The molecule has 27 heavy (non-hydrogen) atoms. The van der Waals surface area contributed by atoms with Gasteiger partial charge in [0.2, 0.25) is 5.78 Å². The fourth-order valence-corrected chi connectivity index (χ4v) is 4.24. The normalized spacial score (nSPS) is 18.6. The first-order valence-corrected chi connectivity index (χ1v) is 10.1. The molecule has 1 fully saturated rings. The van der Waals surface area contributed by atoms with Crippen LogP contribution in [0.25, 0.3) is 6.08 Å². The number of hydrogen-bond acceptors (Lipinski definition) is 4. The number of carbonyl (C=O) groups excluding carboxylic acids is 1. The zero-order chi connectivity index (χ0) is 19.0. The number of aryl methyl sites for hydroxylation is 1. The van der Waals surface area contributed by atoms with Gasteiger partial charge in [0.05, 0.1) is 11.1 Å². The van der Waals surface area contributed by atoms with E-state index < -0.39 is 0 Å². The summed E-state index contributed by atoms with van der Waals surface area (Å²) in [5.41, 5.74) is 2.91. The largest absolute Gasteiger partial charge is 0.507 e.